The van der Waals surface area contributed by atoms with Gasteiger partial charge in [0.1, 0.15) is 6.29 Å². The summed E-state index contributed by atoms with van der Waals surface area (Å²) in [7, 11) is 0. The minimum absolute atomic E-state index is 0. The summed E-state index contributed by atoms with van der Waals surface area (Å²) in [4.78, 5) is 10.4. The maximum atomic E-state index is 10.4. The summed E-state index contributed by atoms with van der Waals surface area (Å²) >= 11 is 0. The zero-order valence-electron chi connectivity index (χ0n) is 12.1. The molecule has 1 saturated carbocycles. The van der Waals surface area contributed by atoms with Crippen LogP contribution in [-0.2, 0) is 37.5 Å². The monoisotopic (exact) mass is 332 g/mol. The van der Waals surface area contributed by atoms with Gasteiger partial charge in [-0.15, -0.1) is 0 Å². The second-order valence-corrected chi connectivity index (χ2v) is 5.74. The van der Waals surface area contributed by atoms with Gasteiger partial charge in [-0.3, -0.25) is 0 Å². The van der Waals surface area contributed by atoms with Gasteiger partial charge in [-0.2, -0.15) is 34.9 Å². The molecule has 0 aromatic heterocycles. The van der Waals surface area contributed by atoms with Crippen molar-refractivity contribution in [3.63, 3.8) is 0 Å². The summed E-state index contributed by atoms with van der Waals surface area (Å²) in [6.45, 7) is 4.26. The predicted octanol–water partition coefficient (Wildman–Crippen LogP) is 4.35. The van der Waals surface area contributed by atoms with Crippen LogP contribution in [0, 0.1) is 25.8 Å². The number of aldehydes is 1. The molecule has 19 heavy (non-hydrogen) atoms. The minimum atomic E-state index is 0. The third-order valence-corrected chi connectivity index (χ3v) is 4.17. The first-order chi connectivity index (χ1) is 8.69. The maximum Gasteiger partial charge on any atom is 3.00 e. The number of benzene rings is 1. The van der Waals surface area contributed by atoms with E-state index in [1.54, 1.807) is 0 Å². The number of hydrogen-bond donors (Lipinski definition) is 0. The van der Waals surface area contributed by atoms with Crippen molar-refractivity contribution in [2.45, 2.75) is 58.3 Å². The van der Waals surface area contributed by atoms with Crippen LogP contribution in [-0.4, -0.2) is 6.29 Å². The standard InChI is InChI=1S/C17H23O.Y/c1-13-10-14(2)12-17(11-13)16-7-5-15(6-8-16)4-3-9-18;/h9,11-12,15-16H,3-8H2,1-2H3;/q-1;+3. The number of rotatable bonds is 4. The predicted molar refractivity (Wildman–Crippen MR) is 74.7 cm³/mol. The van der Waals surface area contributed by atoms with Crippen LogP contribution in [0.2, 0.25) is 0 Å². The average Bonchev–Trinajstić information content (AvgIpc) is 2.36. The molecular formula is C17H23OY+2. The van der Waals surface area contributed by atoms with Crippen LogP contribution in [0.5, 0.6) is 0 Å². The molecule has 1 aromatic rings. The molecule has 2 rings (SSSR count). The summed E-state index contributed by atoms with van der Waals surface area (Å²) in [5.74, 6) is 1.51. The van der Waals surface area contributed by atoms with Crippen LogP contribution in [0.4, 0.5) is 0 Å². The molecule has 0 amide bonds. The molecule has 0 heterocycles. The molecule has 0 saturated heterocycles. The summed E-state index contributed by atoms with van der Waals surface area (Å²) in [6.07, 6.45) is 8.04. The van der Waals surface area contributed by atoms with Crippen molar-refractivity contribution in [3.05, 3.63) is 34.9 Å². The second-order valence-electron chi connectivity index (χ2n) is 5.74. The molecule has 1 nitrogen and oxygen atoms in total. The molecule has 0 bridgehead atoms. The molecule has 1 aromatic carbocycles. The van der Waals surface area contributed by atoms with Crippen LogP contribution in [0.25, 0.3) is 0 Å². The van der Waals surface area contributed by atoms with Gasteiger partial charge in [-0.25, -0.2) is 0 Å². The molecule has 0 aliphatic heterocycles. The van der Waals surface area contributed by atoms with Crippen molar-refractivity contribution >= 4 is 6.29 Å². The molecule has 2 heteroatoms. The van der Waals surface area contributed by atoms with Gasteiger partial charge in [-0.05, 0) is 43.9 Å². The van der Waals surface area contributed by atoms with Gasteiger partial charge in [0.15, 0.2) is 0 Å². The Balaban J connectivity index is 0.00000180. The van der Waals surface area contributed by atoms with E-state index in [2.05, 4.69) is 32.0 Å². The SMILES string of the molecule is Cc1[c-]c(C)cc(C2CCC(CCC=O)CC2)c1.[Y+3]. The third kappa shape index (κ3) is 5.12. The Morgan fingerprint density at radius 2 is 1.74 bits per heavy atom. The first-order valence-corrected chi connectivity index (χ1v) is 7.13. The van der Waals surface area contributed by atoms with E-state index < -0.39 is 0 Å². The van der Waals surface area contributed by atoms with Crippen molar-refractivity contribution in [1.82, 2.24) is 0 Å². The molecule has 1 fully saturated rings. The Morgan fingerprint density at radius 3 is 2.26 bits per heavy atom. The van der Waals surface area contributed by atoms with Crippen molar-refractivity contribution in [2.75, 3.05) is 0 Å². The van der Waals surface area contributed by atoms with Gasteiger partial charge in [0.05, 0.1) is 0 Å². The van der Waals surface area contributed by atoms with E-state index in [4.69, 9.17) is 0 Å². The topological polar surface area (TPSA) is 17.1 Å². The Hall–Kier alpha value is -0.00610. The van der Waals surface area contributed by atoms with Crippen molar-refractivity contribution in [2.24, 2.45) is 5.92 Å². The Morgan fingerprint density at radius 1 is 1.16 bits per heavy atom. The zero-order chi connectivity index (χ0) is 13.0. The number of hydrogen-bond acceptors (Lipinski definition) is 1. The molecule has 0 N–H and O–H groups in total. The van der Waals surface area contributed by atoms with E-state index in [9.17, 15) is 4.79 Å². The van der Waals surface area contributed by atoms with E-state index >= 15 is 0 Å². The van der Waals surface area contributed by atoms with Gasteiger partial charge in [0.2, 0.25) is 0 Å². The van der Waals surface area contributed by atoms with Crippen molar-refractivity contribution in [1.29, 1.82) is 0 Å². The second kappa shape index (κ2) is 8.32. The van der Waals surface area contributed by atoms with Gasteiger partial charge in [0.25, 0.3) is 0 Å². The van der Waals surface area contributed by atoms with Gasteiger partial charge < -0.3 is 4.79 Å². The van der Waals surface area contributed by atoms with Gasteiger partial charge in [0, 0.05) is 6.42 Å². The molecule has 0 unspecified atom stereocenters. The van der Waals surface area contributed by atoms with E-state index in [1.165, 1.54) is 42.4 Å². The fourth-order valence-corrected chi connectivity index (χ4v) is 3.25. The Bertz CT molecular complexity index is 385. The van der Waals surface area contributed by atoms with Crippen LogP contribution in [0.1, 0.15) is 61.1 Å². The molecule has 1 aliphatic rings. The number of aryl methyl sites for hydroxylation is 2. The normalized spacial score (nSPS) is 22.6. The maximum absolute atomic E-state index is 10.4. The summed E-state index contributed by atoms with van der Waals surface area (Å²) < 4.78 is 0. The van der Waals surface area contributed by atoms with Gasteiger partial charge in [-0.1, -0.05) is 13.8 Å². The van der Waals surface area contributed by atoms with Crippen LogP contribution < -0.4 is 0 Å². The molecule has 1 aliphatic carbocycles. The molecular weight excluding hydrogens is 309 g/mol. The molecule has 98 valence electrons. The van der Waals surface area contributed by atoms with Crippen molar-refractivity contribution < 1.29 is 37.5 Å². The summed E-state index contributed by atoms with van der Waals surface area (Å²) in [5.41, 5.74) is 4.01. The van der Waals surface area contributed by atoms with Crippen LogP contribution in [0.3, 0.4) is 0 Å². The van der Waals surface area contributed by atoms with E-state index in [-0.39, 0.29) is 32.7 Å². The first kappa shape index (κ1) is 17.0. The Labute approximate surface area is 142 Å². The number of carbonyl (C=O) groups is 1. The number of carbonyl (C=O) groups excluding carboxylic acids is 1. The van der Waals surface area contributed by atoms with E-state index in [0.29, 0.717) is 0 Å². The minimum Gasteiger partial charge on any atom is -0.303 e. The van der Waals surface area contributed by atoms with Crippen molar-refractivity contribution in [3.8, 4) is 0 Å². The fourth-order valence-electron chi connectivity index (χ4n) is 3.25. The molecule has 0 radical (unpaired) electrons. The summed E-state index contributed by atoms with van der Waals surface area (Å²) in [5, 5.41) is 0. The quantitative estimate of drug-likeness (QED) is 0.592. The zero-order valence-corrected chi connectivity index (χ0v) is 15.0. The Kier molecular flexibility index (Phi) is 7.46. The third-order valence-electron chi connectivity index (χ3n) is 4.17. The molecule has 0 spiro atoms. The van der Waals surface area contributed by atoms with E-state index in [1.807, 2.05) is 0 Å². The van der Waals surface area contributed by atoms with E-state index in [0.717, 1.165) is 31.0 Å². The first-order valence-electron chi connectivity index (χ1n) is 7.13. The van der Waals surface area contributed by atoms with Gasteiger partial charge >= 0.3 is 32.7 Å². The van der Waals surface area contributed by atoms with Crippen LogP contribution >= 0.6 is 0 Å². The van der Waals surface area contributed by atoms with Crippen LogP contribution in [0.15, 0.2) is 12.1 Å². The summed E-state index contributed by atoms with van der Waals surface area (Å²) in [6, 6.07) is 7.94. The largest absolute Gasteiger partial charge is 3.00 e. The molecule has 0 atom stereocenters. The fraction of sp³-hybridized carbons (Fsp3) is 0.588. The smallest absolute Gasteiger partial charge is 0.303 e. The average molecular weight is 332 g/mol.